The predicted octanol–water partition coefficient (Wildman–Crippen LogP) is 4.00. The molecule has 2 heterocycles. The first-order valence-corrected chi connectivity index (χ1v) is 10.5. The van der Waals surface area contributed by atoms with Gasteiger partial charge in [0.05, 0.1) is 10.2 Å². The van der Waals surface area contributed by atoms with Crippen LogP contribution in [0.25, 0.3) is 10.2 Å². The average Bonchev–Trinajstić information content (AvgIpc) is 3.29. The van der Waals surface area contributed by atoms with E-state index in [1.807, 2.05) is 42.2 Å². The van der Waals surface area contributed by atoms with E-state index in [9.17, 15) is 14.4 Å². The minimum absolute atomic E-state index is 0.0409. The lowest BCUT2D eigenvalue weighted by molar-refractivity contribution is -0.121. The van der Waals surface area contributed by atoms with E-state index in [-0.39, 0.29) is 30.6 Å². The summed E-state index contributed by atoms with van der Waals surface area (Å²) >= 11 is 1.27. The van der Waals surface area contributed by atoms with E-state index in [4.69, 9.17) is 0 Å². The second-order valence-electron chi connectivity index (χ2n) is 7.01. The number of benzene rings is 2. The molecule has 1 saturated heterocycles. The van der Waals surface area contributed by atoms with E-state index in [1.165, 1.54) is 11.3 Å². The molecular weight excluding hydrogens is 386 g/mol. The number of fused-ring (bicyclic) bond motifs is 1. The zero-order chi connectivity index (χ0) is 20.4. The van der Waals surface area contributed by atoms with Crippen molar-refractivity contribution in [3.8, 4) is 0 Å². The fourth-order valence-electron chi connectivity index (χ4n) is 3.44. The van der Waals surface area contributed by atoms with Gasteiger partial charge in [-0.25, -0.2) is 9.88 Å². The second kappa shape index (κ2) is 8.13. The van der Waals surface area contributed by atoms with Gasteiger partial charge in [-0.15, -0.1) is 0 Å². The van der Waals surface area contributed by atoms with Crippen LogP contribution in [0.4, 0.5) is 5.13 Å². The summed E-state index contributed by atoms with van der Waals surface area (Å²) in [5.41, 5.74) is 2.34. The van der Waals surface area contributed by atoms with Gasteiger partial charge in [-0.2, -0.15) is 0 Å². The Morgan fingerprint density at radius 1 is 1.10 bits per heavy atom. The van der Waals surface area contributed by atoms with Crippen LogP contribution in [0.2, 0.25) is 0 Å². The van der Waals surface area contributed by atoms with Gasteiger partial charge in [-0.05, 0) is 30.2 Å². The van der Waals surface area contributed by atoms with Crippen molar-refractivity contribution in [2.75, 3.05) is 11.4 Å². The number of carbonyl (C=O) groups excluding carboxylic acids is 3. The van der Waals surface area contributed by atoms with Gasteiger partial charge < -0.3 is 4.90 Å². The number of rotatable bonds is 6. The van der Waals surface area contributed by atoms with Crippen LogP contribution in [-0.4, -0.2) is 34.2 Å². The van der Waals surface area contributed by atoms with Crippen molar-refractivity contribution in [1.29, 1.82) is 0 Å². The fourth-order valence-corrected chi connectivity index (χ4v) is 4.48. The third-order valence-corrected chi connectivity index (χ3v) is 5.87. The number of carbonyl (C=O) groups is 3. The summed E-state index contributed by atoms with van der Waals surface area (Å²) in [6.45, 7) is 3.26. The van der Waals surface area contributed by atoms with E-state index in [0.29, 0.717) is 29.3 Å². The number of hydrogen-bond acceptors (Lipinski definition) is 5. The van der Waals surface area contributed by atoms with Gasteiger partial charge in [-0.3, -0.25) is 14.4 Å². The molecule has 1 fully saturated rings. The topological polar surface area (TPSA) is 70.6 Å². The molecule has 0 saturated carbocycles. The molecule has 3 amide bonds. The van der Waals surface area contributed by atoms with Gasteiger partial charge in [0.25, 0.3) is 5.91 Å². The fraction of sp³-hybridized carbons (Fsp3) is 0.273. The van der Waals surface area contributed by atoms with Gasteiger partial charge in [-0.1, -0.05) is 48.6 Å². The highest BCUT2D eigenvalue weighted by Gasteiger charge is 2.32. The van der Waals surface area contributed by atoms with Gasteiger partial charge in [0.2, 0.25) is 11.8 Å². The SMILES string of the molecule is CCCN(Cc1ccccc1)C(=O)c1ccc2nc(N3C(=O)CCC3=O)sc2c1. The monoisotopic (exact) mass is 407 g/mol. The zero-order valence-corrected chi connectivity index (χ0v) is 16.9. The standard InChI is InChI=1S/C22H21N3O3S/c1-2-12-24(14-15-6-4-3-5-7-15)21(28)16-8-9-17-18(13-16)29-22(23-17)25-19(26)10-11-20(25)27/h3-9,13H,2,10-12,14H2,1H3. The minimum atomic E-state index is -0.220. The summed E-state index contributed by atoms with van der Waals surface area (Å²) in [6, 6.07) is 15.3. The van der Waals surface area contributed by atoms with Crippen molar-refractivity contribution in [3.05, 3.63) is 59.7 Å². The molecule has 2 aromatic carbocycles. The molecule has 1 aliphatic heterocycles. The van der Waals surface area contributed by atoms with E-state index in [1.54, 1.807) is 18.2 Å². The number of hydrogen-bond donors (Lipinski definition) is 0. The van der Waals surface area contributed by atoms with Crippen molar-refractivity contribution in [2.24, 2.45) is 0 Å². The van der Waals surface area contributed by atoms with Crippen LogP contribution in [0.1, 0.15) is 42.1 Å². The summed E-state index contributed by atoms with van der Waals surface area (Å²) in [4.78, 5) is 44.5. The Bertz CT molecular complexity index is 1060. The predicted molar refractivity (Wildman–Crippen MR) is 113 cm³/mol. The third kappa shape index (κ3) is 3.91. The number of imide groups is 1. The van der Waals surface area contributed by atoms with Crippen LogP contribution in [-0.2, 0) is 16.1 Å². The van der Waals surface area contributed by atoms with Crippen molar-refractivity contribution < 1.29 is 14.4 Å². The molecule has 0 aliphatic carbocycles. The molecule has 148 valence electrons. The Balaban J connectivity index is 1.61. The molecule has 1 aliphatic rings. The smallest absolute Gasteiger partial charge is 0.254 e. The summed E-state index contributed by atoms with van der Waals surface area (Å²) < 4.78 is 0.787. The molecule has 4 rings (SSSR count). The lowest BCUT2D eigenvalue weighted by Gasteiger charge is -2.22. The average molecular weight is 407 g/mol. The Labute approximate surface area is 172 Å². The van der Waals surface area contributed by atoms with Crippen LogP contribution < -0.4 is 4.90 Å². The Hall–Kier alpha value is -3.06. The number of amides is 3. The summed E-state index contributed by atoms with van der Waals surface area (Å²) in [5, 5.41) is 0.381. The van der Waals surface area contributed by atoms with Crippen LogP contribution >= 0.6 is 11.3 Å². The van der Waals surface area contributed by atoms with Gasteiger partial charge in [0.15, 0.2) is 5.13 Å². The molecule has 0 N–H and O–H groups in total. The molecule has 0 radical (unpaired) electrons. The third-order valence-electron chi connectivity index (χ3n) is 4.86. The molecule has 0 bridgehead atoms. The molecule has 3 aromatic rings. The number of anilines is 1. The van der Waals surface area contributed by atoms with E-state index in [2.05, 4.69) is 4.98 Å². The quantitative estimate of drug-likeness (QED) is 0.579. The Morgan fingerprint density at radius 2 is 1.83 bits per heavy atom. The van der Waals surface area contributed by atoms with Crippen LogP contribution in [0, 0.1) is 0 Å². The first-order valence-electron chi connectivity index (χ1n) is 9.66. The maximum absolute atomic E-state index is 13.1. The highest BCUT2D eigenvalue weighted by atomic mass is 32.1. The molecular formula is C22H21N3O3S. The van der Waals surface area contributed by atoms with E-state index >= 15 is 0 Å². The first-order chi connectivity index (χ1) is 14.1. The zero-order valence-electron chi connectivity index (χ0n) is 16.1. The van der Waals surface area contributed by atoms with Crippen molar-refractivity contribution in [3.63, 3.8) is 0 Å². The summed E-state index contributed by atoms with van der Waals surface area (Å²) in [5.74, 6) is -0.481. The Morgan fingerprint density at radius 3 is 2.52 bits per heavy atom. The lowest BCUT2D eigenvalue weighted by Crippen LogP contribution is -2.31. The van der Waals surface area contributed by atoms with Crippen LogP contribution in [0.3, 0.4) is 0 Å². The highest BCUT2D eigenvalue weighted by molar-refractivity contribution is 7.22. The van der Waals surface area contributed by atoms with E-state index in [0.717, 1.165) is 21.6 Å². The van der Waals surface area contributed by atoms with Gasteiger partial charge >= 0.3 is 0 Å². The van der Waals surface area contributed by atoms with E-state index < -0.39 is 0 Å². The number of aromatic nitrogens is 1. The molecule has 7 heteroatoms. The first kappa shape index (κ1) is 19.3. The van der Waals surface area contributed by atoms with Gasteiger partial charge in [0.1, 0.15) is 0 Å². The summed E-state index contributed by atoms with van der Waals surface area (Å²) in [6.07, 6.45) is 1.32. The second-order valence-corrected chi connectivity index (χ2v) is 8.02. The largest absolute Gasteiger partial charge is 0.334 e. The molecule has 6 nitrogen and oxygen atoms in total. The summed E-state index contributed by atoms with van der Waals surface area (Å²) in [7, 11) is 0. The Kier molecular flexibility index (Phi) is 5.40. The van der Waals surface area contributed by atoms with Crippen LogP contribution in [0.15, 0.2) is 48.5 Å². The van der Waals surface area contributed by atoms with Crippen molar-refractivity contribution in [2.45, 2.75) is 32.7 Å². The maximum atomic E-state index is 13.1. The van der Waals surface area contributed by atoms with Crippen LogP contribution in [0.5, 0.6) is 0 Å². The van der Waals surface area contributed by atoms with Gasteiger partial charge in [0, 0.05) is 31.5 Å². The van der Waals surface area contributed by atoms with Crippen molar-refractivity contribution >= 4 is 44.4 Å². The maximum Gasteiger partial charge on any atom is 0.254 e. The number of thiazole rings is 1. The molecule has 0 atom stereocenters. The minimum Gasteiger partial charge on any atom is -0.334 e. The highest BCUT2D eigenvalue weighted by Crippen LogP contribution is 2.32. The lowest BCUT2D eigenvalue weighted by atomic mass is 10.1. The number of nitrogens with zero attached hydrogens (tertiary/aromatic N) is 3. The normalized spacial score (nSPS) is 14.0. The molecule has 1 aromatic heterocycles. The molecule has 29 heavy (non-hydrogen) atoms. The molecule has 0 spiro atoms. The molecule has 0 unspecified atom stereocenters. The van der Waals surface area contributed by atoms with Crippen molar-refractivity contribution in [1.82, 2.24) is 9.88 Å².